The number of fused-ring (bicyclic) bond motifs is 1. The number of benzene rings is 1. The smallest absolute Gasteiger partial charge is 0.254 e. The van der Waals surface area contributed by atoms with Gasteiger partial charge in [-0.25, -0.2) is 13.8 Å². The van der Waals surface area contributed by atoms with Gasteiger partial charge in [0.15, 0.2) is 11.6 Å². The maximum atomic E-state index is 13.4. The van der Waals surface area contributed by atoms with E-state index in [4.69, 9.17) is 0 Å². The van der Waals surface area contributed by atoms with Crippen LogP contribution in [-0.4, -0.2) is 26.2 Å². The van der Waals surface area contributed by atoms with E-state index in [0.717, 1.165) is 36.3 Å². The highest BCUT2D eigenvalue weighted by Crippen LogP contribution is 2.30. The highest BCUT2D eigenvalue weighted by atomic mass is 19.2. The van der Waals surface area contributed by atoms with Gasteiger partial charge in [-0.1, -0.05) is 6.07 Å². The Bertz CT molecular complexity index is 918. The molecule has 1 aromatic carbocycles. The van der Waals surface area contributed by atoms with Crippen LogP contribution >= 0.6 is 0 Å². The number of aromatic nitrogens is 2. The van der Waals surface area contributed by atoms with E-state index in [1.165, 1.54) is 6.07 Å². The Morgan fingerprint density at radius 1 is 1.21 bits per heavy atom. The van der Waals surface area contributed by atoms with Crippen molar-refractivity contribution < 1.29 is 13.6 Å². The summed E-state index contributed by atoms with van der Waals surface area (Å²) < 4.78 is 28.5. The number of carbonyl (C=O) groups excluding carboxylic acids is 1. The monoisotopic (exact) mass is 327 g/mol. The van der Waals surface area contributed by atoms with E-state index in [9.17, 15) is 13.6 Å². The molecule has 1 aliphatic rings. The molecule has 0 N–H and O–H groups in total. The number of halogens is 2. The van der Waals surface area contributed by atoms with Crippen LogP contribution in [0.3, 0.4) is 0 Å². The van der Waals surface area contributed by atoms with Crippen LogP contribution in [0.2, 0.25) is 0 Å². The Morgan fingerprint density at radius 3 is 2.79 bits per heavy atom. The second kappa shape index (κ2) is 5.70. The summed E-state index contributed by atoms with van der Waals surface area (Å²) in [5, 5.41) is 0. The van der Waals surface area contributed by atoms with Gasteiger partial charge in [0, 0.05) is 17.8 Å². The number of carbonyl (C=O) groups is 1. The largest absolute Gasteiger partial charge is 0.330 e. The molecule has 0 spiro atoms. The molecule has 0 saturated heterocycles. The van der Waals surface area contributed by atoms with Gasteiger partial charge in [0.2, 0.25) is 0 Å². The molecular weight excluding hydrogens is 312 g/mol. The maximum Gasteiger partial charge on any atom is 0.254 e. The van der Waals surface area contributed by atoms with E-state index in [2.05, 4.69) is 4.98 Å². The van der Waals surface area contributed by atoms with Gasteiger partial charge in [-0.2, -0.15) is 0 Å². The lowest BCUT2D eigenvalue weighted by molar-refractivity contribution is 0.0726. The first kappa shape index (κ1) is 14.8. The van der Waals surface area contributed by atoms with Crippen LogP contribution in [0.1, 0.15) is 28.9 Å². The number of hydrogen-bond donors (Lipinski definition) is 0. The van der Waals surface area contributed by atoms with Crippen LogP contribution in [0.5, 0.6) is 0 Å². The minimum Gasteiger partial charge on any atom is -0.330 e. The highest BCUT2D eigenvalue weighted by molar-refractivity contribution is 5.94. The number of rotatable bonds is 4. The Hall–Kier alpha value is -2.76. The molecular formula is C18H15F2N3O. The van der Waals surface area contributed by atoms with Gasteiger partial charge in [0.1, 0.15) is 5.65 Å². The molecule has 0 radical (unpaired) electrons. The van der Waals surface area contributed by atoms with Crippen molar-refractivity contribution in [2.24, 2.45) is 0 Å². The summed E-state index contributed by atoms with van der Waals surface area (Å²) >= 11 is 0. The minimum atomic E-state index is -1.01. The van der Waals surface area contributed by atoms with Crippen LogP contribution in [0, 0.1) is 11.6 Å². The molecule has 122 valence electrons. The van der Waals surface area contributed by atoms with Gasteiger partial charge >= 0.3 is 0 Å². The third-order valence-corrected chi connectivity index (χ3v) is 4.24. The molecule has 6 heteroatoms. The quantitative estimate of drug-likeness (QED) is 0.736. The predicted octanol–water partition coefficient (Wildman–Crippen LogP) is 3.42. The molecule has 1 aliphatic carbocycles. The summed E-state index contributed by atoms with van der Waals surface area (Å²) in [5.74, 6) is -2.25. The summed E-state index contributed by atoms with van der Waals surface area (Å²) in [7, 11) is 0. The average Bonchev–Trinajstić information content (AvgIpc) is 3.35. The van der Waals surface area contributed by atoms with Crippen molar-refractivity contribution in [3.63, 3.8) is 0 Å². The first-order chi connectivity index (χ1) is 11.6. The molecule has 1 saturated carbocycles. The first-order valence-electron chi connectivity index (χ1n) is 7.80. The number of hydrogen-bond acceptors (Lipinski definition) is 2. The Morgan fingerprint density at radius 2 is 2.04 bits per heavy atom. The predicted molar refractivity (Wildman–Crippen MR) is 84.4 cm³/mol. The van der Waals surface area contributed by atoms with Gasteiger partial charge in [-0.15, -0.1) is 0 Å². The minimum absolute atomic E-state index is 0.139. The van der Waals surface area contributed by atoms with Crippen molar-refractivity contribution >= 4 is 11.6 Å². The van der Waals surface area contributed by atoms with E-state index in [1.807, 2.05) is 28.8 Å². The number of pyridine rings is 1. The van der Waals surface area contributed by atoms with Crippen molar-refractivity contribution in [1.82, 2.24) is 14.3 Å². The van der Waals surface area contributed by atoms with Crippen molar-refractivity contribution in [3.05, 3.63) is 71.7 Å². The summed E-state index contributed by atoms with van der Waals surface area (Å²) in [6.45, 7) is 0.383. The fourth-order valence-corrected chi connectivity index (χ4v) is 2.82. The van der Waals surface area contributed by atoms with Crippen LogP contribution in [0.15, 0.2) is 48.8 Å². The van der Waals surface area contributed by atoms with Gasteiger partial charge in [-0.05, 0) is 43.2 Å². The van der Waals surface area contributed by atoms with E-state index >= 15 is 0 Å². The highest BCUT2D eigenvalue weighted by Gasteiger charge is 2.33. The van der Waals surface area contributed by atoms with Crippen molar-refractivity contribution in [3.8, 4) is 0 Å². The number of nitrogens with zero attached hydrogens (tertiary/aromatic N) is 3. The summed E-state index contributed by atoms with van der Waals surface area (Å²) in [5.41, 5.74) is 1.85. The zero-order valence-electron chi connectivity index (χ0n) is 12.8. The SMILES string of the molecule is O=C(c1ccc(F)c(F)c1)N(Cc1cnc2ccccn12)C1CC1. The molecule has 0 bridgehead atoms. The molecule has 3 aromatic rings. The summed E-state index contributed by atoms with van der Waals surface area (Å²) in [6.07, 6.45) is 5.48. The van der Waals surface area contributed by atoms with Crippen molar-refractivity contribution in [2.75, 3.05) is 0 Å². The zero-order chi connectivity index (χ0) is 16.7. The van der Waals surface area contributed by atoms with E-state index in [1.54, 1.807) is 11.1 Å². The topological polar surface area (TPSA) is 37.6 Å². The molecule has 4 rings (SSSR count). The van der Waals surface area contributed by atoms with Crippen LogP contribution in [0.4, 0.5) is 8.78 Å². The van der Waals surface area contributed by atoms with Crippen LogP contribution in [-0.2, 0) is 6.54 Å². The normalized spacial score (nSPS) is 14.1. The van der Waals surface area contributed by atoms with Gasteiger partial charge in [0.05, 0.1) is 18.4 Å². The third-order valence-electron chi connectivity index (χ3n) is 4.24. The molecule has 24 heavy (non-hydrogen) atoms. The molecule has 4 nitrogen and oxygen atoms in total. The fourth-order valence-electron chi connectivity index (χ4n) is 2.82. The standard InChI is InChI=1S/C18H15F2N3O/c19-15-7-4-12(9-16(15)20)18(24)23(13-5-6-13)11-14-10-21-17-3-1-2-8-22(14)17/h1-4,7-10,13H,5-6,11H2. The van der Waals surface area contributed by atoms with E-state index in [-0.39, 0.29) is 17.5 Å². The summed E-state index contributed by atoms with van der Waals surface area (Å²) in [6, 6.07) is 9.10. The van der Waals surface area contributed by atoms with Crippen molar-refractivity contribution in [2.45, 2.75) is 25.4 Å². The van der Waals surface area contributed by atoms with Crippen LogP contribution < -0.4 is 0 Å². The average molecular weight is 327 g/mol. The fraction of sp³-hybridized carbons (Fsp3) is 0.222. The number of imidazole rings is 1. The molecule has 0 aliphatic heterocycles. The molecule has 2 heterocycles. The lowest BCUT2D eigenvalue weighted by atomic mass is 10.1. The maximum absolute atomic E-state index is 13.4. The molecule has 0 unspecified atom stereocenters. The summed E-state index contributed by atoms with van der Waals surface area (Å²) in [4.78, 5) is 18.8. The zero-order valence-corrected chi connectivity index (χ0v) is 12.8. The third kappa shape index (κ3) is 2.64. The Balaban J connectivity index is 1.65. The molecule has 2 aromatic heterocycles. The Labute approximate surface area is 137 Å². The van der Waals surface area contributed by atoms with Gasteiger partial charge in [-0.3, -0.25) is 4.79 Å². The lowest BCUT2D eigenvalue weighted by Gasteiger charge is -2.22. The van der Waals surface area contributed by atoms with E-state index < -0.39 is 11.6 Å². The molecule has 1 fully saturated rings. The second-order valence-electron chi connectivity index (χ2n) is 5.97. The van der Waals surface area contributed by atoms with Crippen LogP contribution in [0.25, 0.3) is 5.65 Å². The first-order valence-corrected chi connectivity index (χ1v) is 7.80. The molecule has 1 amide bonds. The van der Waals surface area contributed by atoms with Gasteiger partial charge in [0.25, 0.3) is 5.91 Å². The van der Waals surface area contributed by atoms with Crippen molar-refractivity contribution in [1.29, 1.82) is 0 Å². The lowest BCUT2D eigenvalue weighted by Crippen LogP contribution is -2.33. The Kier molecular flexibility index (Phi) is 3.52. The second-order valence-corrected chi connectivity index (χ2v) is 5.97. The van der Waals surface area contributed by atoms with Gasteiger partial charge < -0.3 is 9.30 Å². The molecule has 0 atom stereocenters. The number of amides is 1. The van der Waals surface area contributed by atoms with E-state index in [0.29, 0.717) is 6.54 Å².